The van der Waals surface area contributed by atoms with Gasteiger partial charge in [0.05, 0.1) is 14.2 Å². The number of carboxylic acids is 1. The summed E-state index contributed by atoms with van der Waals surface area (Å²) in [4.78, 5) is 23.7. The number of hydrogen-bond donors (Lipinski definition) is 2. The van der Waals surface area contributed by atoms with Crippen LogP contribution in [0.1, 0.15) is 15.9 Å². The molecule has 0 heterocycles. The third kappa shape index (κ3) is 4.25. The molecule has 1 atom stereocenters. The molecular formula is C18H19NO5. The van der Waals surface area contributed by atoms with Crippen LogP contribution in [0.25, 0.3) is 0 Å². The fourth-order valence-electron chi connectivity index (χ4n) is 2.27. The monoisotopic (exact) mass is 329 g/mol. The van der Waals surface area contributed by atoms with Crippen molar-refractivity contribution < 1.29 is 24.2 Å². The molecule has 0 aliphatic heterocycles. The number of carbonyl (C=O) groups excluding carboxylic acids is 1. The number of amides is 1. The Balaban J connectivity index is 2.17. The number of nitrogens with one attached hydrogen (secondary N) is 1. The van der Waals surface area contributed by atoms with Crippen molar-refractivity contribution in [2.75, 3.05) is 14.2 Å². The molecule has 0 aliphatic carbocycles. The number of hydrogen-bond acceptors (Lipinski definition) is 4. The van der Waals surface area contributed by atoms with Crippen LogP contribution in [0, 0.1) is 0 Å². The highest BCUT2D eigenvalue weighted by Crippen LogP contribution is 2.25. The van der Waals surface area contributed by atoms with Gasteiger partial charge in [-0.25, -0.2) is 4.79 Å². The Hall–Kier alpha value is -3.02. The molecule has 2 aromatic carbocycles. The van der Waals surface area contributed by atoms with Crippen molar-refractivity contribution in [2.45, 2.75) is 12.5 Å². The number of benzene rings is 2. The van der Waals surface area contributed by atoms with Crippen LogP contribution in [0.4, 0.5) is 0 Å². The fraction of sp³-hybridized carbons (Fsp3) is 0.222. The number of aliphatic carboxylic acids is 1. The molecule has 0 bridgehead atoms. The van der Waals surface area contributed by atoms with Gasteiger partial charge in [-0.3, -0.25) is 4.79 Å². The first-order valence-corrected chi connectivity index (χ1v) is 7.34. The zero-order valence-electron chi connectivity index (χ0n) is 13.5. The quantitative estimate of drug-likeness (QED) is 0.813. The largest absolute Gasteiger partial charge is 0.497 e. The van der Waals surface area contributed by atoms with Gasteiger partial charge in [0.2, 0.25) is 0 Å². The average molecular weight is 329 g/mol. The summed E-state index contributed by atoms with van der Waals surface area (Å²) in [6.45, 7) is 0. The second-order valence-electron chi connectivity index (χ2n) is 5.11. The molecule has 2 N–H and O–H groups in total. The Morgan fingerprint density at radius 2 is 1.79 bits per heavy atom. The van der Waals surface area contributed by atoms with Gasteiger partial charge in [0.15, 0.2) is 0 Å². The number of carbonyl (C=O) groups is 2. The van der Waals surface area contributed by atoms with Gasteiger partial charge in [-0.15, -0.1) is 0 Å². The fourth-order valence-corrected chi connectivity index (χ4v) is 2.27. The van der Waals surface area contributed by atoms with E-state index in [0.29, 0.717) is 22.6 Å². The van der Waals surface area contributed by atoms with Crippen LogP contribution in [0.5, 0.6) is 11.5 Å². The highest BCUT2D eigenvalue weighted by atomic mass is 16.5. The summed E-state index contributed by atoms with van der Waals surface area (Å²) in [7, 11) is 3.03. The number of ether oxygens (including phenoxy) is 2. The van der Waals surface area contributed by atoms with E-state index in [1.165, 1.54) is 14.2 Å². The molecule has 0 aliphatic rings. The molecule has 0 fully saturated rings. The van der Waals surface area contributed by atoms with E-state index in [9.17, 15) is 14.7 Å². The highest BCUT2D eigenvalue weighted by Gasteiger charge is 2.22. The topological polar surface area (TPSA) is 84.9 Å². The summed E-state index contributed by atoms with van der Waals surface area (Å²) < 4.78 is 10.4. The average Bonchev–Trinajstić information content (AvgIpc) is 2.61. The van der Waals surface area contributed by atoms with Gasteiger partial charge in [-0.2, -0.15) is 0 Å². The van der Waals surface area contributed by atoms with Crippen LogP contribution >= 0.6 is 0 Å². The van der Waals surface area contributed by atoms with Crippen LogP contribution in [0.2, 0.25) is 0 Å². The first kappa shape index (κ1) is 17.3. The molecule has 0 spiro atoms. The van der Waals surface area contributed by atoms with Crippen LogP contribution in [0.15, 0.2) is 48.5 Å². The lowest BCUT2D eigenvalue weighted by Gasteiger charge is -2.17. The summed E-state index contributed by atoms with van der Waals surface area (Å²) in [6.07, 6.45) is 0.0983. The summed E-state index contributed by atoms with van der Waals surface area (Å²) in [5, 5.41) is 12.0. The van der Waals surface area contributed by atoms with Gasteiger partial charge < -0.3 is 19.9 Å². The molecule has 126 valence electrons. The lowest BCUT2D eigenvalue weighted by Crippen LogP contribution is -2.42. The van der Waals surface area contributed by atoms with E-state index >= 15 is 0 Å². The molecule has 24 heavy (non-hydrogen) atoms. The molecule has 0 aromatic heterocycles. The van der Waals surface area contributed by atoms with E-state index in [0.717, 1.165) is 0 Å². The molecule has 2 rings (SSSR count). The first-order chi connectivity index (χ1) is 11.5. The molecule has 0 saturated heterocycles. The minimum absolute atomic E-state index is 0.0983. The van der Waals surface area contributed by atoms with Crippen LogP contribution in [-0.2, 0) is 11.2 Å². The van der Waals surface area contributed by atoms with E-state index in [1.807, 2.05) is 0 Å². The van der Waals surface area contributed by atoms with Gasteiger partial charge in [-0.1, -0.05) is 24.3 Å². The van der Waals surface area contributed by atoms with Crippen molar-refractivity contribution in [2.24, 2.45) is 0 Å². The molecule has 1 unspecified atom stereocenters. The minimum Gasteiger partial charge on any atom is -0.497 e. The maximum Gasteiger partial charge on any atom is 0.326 e. The lowest BCUT2D eigenvalue weighted by molar-refractivity contribution is -0.139. The zero-order chi connectivity index (χ0) is 17.5. The SMILES string of the molecule is COc1ccc(CC(NC(=O)c2ccccc2)C(=O)O)c(OC)c1. The molecule has 6 heteroatoms. The van der Waals surface area contributed by atoms with Crippen molar-refractivity contribution in [3.63, 3.8) is 0 Å². The number of methoxy groups -OCH3 is 2. The van der Waals surface area contributed by atoms with Gasteiger partial charge in [0.25, 0.3) is 5.91 Å². The number of carboxylic acid groups (broad SMARTS) is 1. The Morgan fingerprint density at radius 1 is 1.08 bits per heavy atom. The lowest BCUT2D eigenvalue weighted by atomic mass is 10.0. The Bertz CT molecular complexity index is 715. The van der Waals surface area contributed by atoms with E-state index in [-0.39, 0.29) is 6.42 Å². The zero-order valence-corrected chi connectivity index (χ0v) is 13.5. The van der Waals surface area contributed by atoms with Crippen LogP contribution < -0.4 is 14.8 Å². The summed E-state index contributed by atoms with van der Waals surface area (Å²) in [5.74, 6) is -0.432. The molecule has 0 saturated carbocycles. The molecular weight excluding hydrogens is 310 g/mol. The predicted molar refractivity (Wildman–Crippen MR) is 88.6 cm³/mol. The molecule has 2 aromatic rings. The van der Waals surface area contributed by atoms with Crippen molar-refractivity contribution >= 4 is 11.9 Å². The maximum absolute atomic E-state index is 12.2. The van der Waals surface area contributed by atoms with Crippen molar-refractivity contribution in [1.29, 1.82) is 0 Å². The second-order valence-corrected chi connectivity index (χ2v) is 5.11. The second kappa shape index (κ2) is 8.01. The standard InChI is InChI=1S/C18H19NO5/c1-23-14-9-8-13(16(11-14)24-2)10-15(18(21)22)19-17(20)12-6-4-3-5-7-12/h3-9,11,15H,10H2,1-2H3,(H,19,20)(H,21,22). The van der Waals surface area contributed by atoms with Crippen LogP contribution in [0.3, 0.4) is 0 Å². The third-order valence-electron chi connectivity index (χ3n) is 3.56. The van der Waals surface area contributed by atoms with Gasteiger partial charge in [-0.05, 0) is 23.8 Å². The molecule has 1 amide bonds. The van der Waals surface area contributed by atoms with Crippen molar-refractivity contribution in [3.05, 3.63) is 59.7 Å². The van der Waals surface area contributed by atoms with E-state index in [4.69, 9.17) is 9.47 Å². The first-order valence-electron chi connectivity index (χ1n) is 7.34. The van der Waals surface area contributed by atoms with Gasteiger partial charge in [0.1, 0.15) is 17.5 Å². The Labute approximate surface area is 140 Å². The molecule has 6 nitrogen and oxygen atoms in total. The van der Waals surface area contributed by atoms with Crippen LogP contribution in [-0.4, -0.2) is 37.2 Å². The van der Waals surface area contributed by atoms with E-state index in [1.54, 1.807) is 48.5 Å². The highest BCUT2D eigenvalue weighted by molar-refractivity contribution is 5.96. The van der Waals surface area contributed by atoms with E-state index < -0.39 is 17.9 Å². The maximum atomic E-state index is 12.2. The Kier molecular flexibility index (Phi) is 5.78. The molecule has 0 radical (unpaired) electrons. The van der Waals surface area contributed by atoms with Crippen molar-refractivity contribution in [1.82, 2.24) is 5.32 Å². The Morgan fingerprint density at radius 3 is 2.38 bits per heavy atom. The van der Waals surface area contributed by atoms with Gasteiger partial charge >= 0.3 is 5.97 Å². The smallest absolute Gasteiger partial charge is 0.326 e. The summed E-state index contributed by atoms with van der Waals surface area (Å²) in [5.41, 5.74) is 1.07. The van der Waals surface area contributed by atoms with Crippen molar-refractivity contribution in [3.8, 4) is 11.5 Å². The summed E-state index contributed by atoms with van der Waals surface area (Å²) in [6, 6.07) is 12.5. The number of rotatable bonds is 7. The predicted octanol–water partition coefficient (Wildman–Crippen LogP) is 2.13. The van der Waals surface area contributed by atoms with E-state index in [2.05, 4.69) is 5.32 Å². The normalized spacial score (nSPS) is 11.4. The third-order valence-corrected chi connectivity index (χ3v) is 3.56. The summed E-state index contributed by atoms with van der Waals surface area (Å²) >= 11 is 0. The van der Waals surface area contributed by atoms with Gasteiger partial charge in [0, 0.05) is 18.1 Å². The minimum atomic E-state index is -1.11.